The number of rotatable bonds is 10. The maximum Gasteiger partial charge on any atom is 0.303 e. The van der Waals surface area contributed by atoms with Gasteiger partial charge in [-0.2, -0.15) is 0 Å². The maximum atomic E-state index is 10.7. The van der Waals surface area contributed by atoms with Gasteiger partial charge in [-0.25, -0.2) is 0 Å². The van der Waals surface area contributed by atoms with Gasteiger partial charge in [0.2, 0.25) is 0 Å². The minimum atomic E-state index is -0.729. The van der Waals surface area contributed by atoms with E-state index in [4.69, 9.17) is 9.84 Å². The molecule has 0 fully saturated rings. The molecule has 1 heterocycles. The Morgan fingerprint density at radius 2 is 1.89 bits per heavy atom. The molecule has 0 aromatic heterocycles. The molecular weight excluding hydrogens is 338 g/mol. The van der Waals surface area contributed by atoms with Crippen molar-refractivity contribution in [3.05, 3.63) is 65.2 Å². The number of ether oxygens (including phenoxy) is 1. The van der Waals surface area contributed by atoms with Gasteiger partial charge in [-0.15, -0.1) is 0 Å². The van der Waals surface area contributed by atoms with E-state index in [2.05, 4.69) is 23.1 Å². The Bertz CT molecular complexity index is 730. The predicted molar refractivity (Wildman–Crippen MR) is 107 cm³/mol. The van der Waals surface area contributed by atoms with Crippen LogP contribution in [0.2, 0.25) is 0 Å². The van der Waals surface area contributed by atoms with Crippen molar-refractivity contribution in [3.63, 3.8) is 0 Å². The van der Waals surface area contributed by atoms with Gasteiger partial charge in [-0.3, -0.25) is 9.69 Å². The molecule has 1 aliphatic heterocycles. The molecule has 3 rings (SSSR count). The van der Waals surface area contributed by atoms with E-state index in [1.807, 2.05) is 30.3 Å². The van der Waals surface area contributed by atoms with Gasteiger partial charge in [0.15, 0.2) is 0 Å². The standard InChI is InChI=1S/C23H29NO3/c25-23(26)12-10-19-9-11-21-18-24(15-13-20(21)17-19)14-5-2-6-16-27-22-7-3-1-4-8-22/h1,3-4,7-9,11,17H,2,5-6,10,12-16,18H2,(H,25,26). The quantitative estimate of drug-likeness (QED) is 0.636. The van der Waals surface area contributed by atoms with Crippen LogP contribution in [0.3, 0.4) is 0 Å². The average molecular weight is 367 g/mol. The lowest BCUT2D eigenvalue weighted by Crippen LogP contribution is -2.31. The van der Waals surface area contributed by atoms with E-state index in [0.717, 1.165) is 50.4 Å². The zero-order valence-corrected chi connectivity index (χ0v) is 15.9. The van der Waals surface area contributed by atoms with Gasteiger partial charge in [0.05, 0.1) is 6.61 Å². The molecule has 0 bridgehead atoms. The number of nitrogens with zero attached hydrogens (tertiary/aromatic N) is 1. The van der Waals surface area contributed by atoms with Gasteiger partial charge >= 0.3 is 5.97 Å². The molecule has 0 atom stereocenters. The molecule has 2 aromatic carbocycles. The molecule has 144 valence electrons. The molecule has 0 saturated heterocycles. The third-order valence-electron chi connectivity index (χ3n) is 5.12. The third kappa shape index (κ3) is 6.40. The van der Waals surface area contributed by atoms with E-state index >= 15 is 0 Å². The maximum absolute atomic E-state index is 10.7. The van der Waals surface area contributed by atoms with Crippen LogP contribution in [0.15, 0.2) is 48.5 Å². The summed E-state index contributed by atoms with van der Waals surface area (Å²) in [5.74, 6) is 0.223. The molecule has 0 unspecified atom stereocenters. The number of aliphatic carboxylic acids is 1. The highest BCUT2D eigenvalue weighted by molar-refractivity contribution is 5.67. The number of fused-ring (bicyclic) bond motifs is 1. The number of para-hydroxylation sites is 1. The predicted octanol–water partition coefficient (Wildman–Crippen LogP) is 4.31. The molecular formula is C23H29NO3. The van der Waals surface area contributed by atoms with Crippen molar-refractivity contribution < 1.29 is 14.6 Å². The van der Waals surface area contributed by atoms with Gasteiger partial charge in [-0.1, -0.05) is 36.4 Å². The van der Waals surface area contributed by atoms with E-state index in [9.17, 15) is 4.79 Å². The van der Waals surface area contributed by atoms with E-state index < -0.39 is 5.97 Å². The molecule has 2 aromatic rings. The lowest BCUT2D eigenvalue weighted by atomic mass is 9.95. The van der Waals surface area contributed by atoms with Gasteiger partial charge < -0.3 is 9.84 Å². The molecule has 27 heavy (non-hydrogen) atoms. The molecule has 0 aliphatic carbocycles. The number of carboxylic acids is 1. The lowest BCUT2D eigenvalue weighted by molar-refractivity contribution is -0.136. The lowest BCUT2D eigenvalue weighted by Gasteiger charge is -2.29. The summed E-state index contributed by atoms with van der Waals surface area (Å²) in [6.07, 6.45) is 5.37. The van der Waals surface area contributed by atoms with E-state index in [-0.39, 0.29) is 6.42 Å². The summed E-state index contributed by atoms with van der Waals surface area (Å²) in [7, 11) is 0. The number of carboxylic acid groups (broad SMARTS) is 1. The Labute approximate surface area is 161 Å². The smallest absolute Gasteiger partial charge is 0.303 e. The highest BCUT2D eigenvalue weighted by atomic mass is 16.5. The fourth-order valence-electron chi connectivity index (χ4n) is 3.58. The van der Waals surface area contributed by atoms with Crippen molar-refractivity contribution in [2.45, 2.75) is 45.1 Å². The molecule has 4 heteroatoms. The van der Waals surface area contributed by atoms with Gasteiger partial charge in [0, 0.05) is 19.5 Å². The fourth-order valence-corrected chi connectivity index (χ4v) is 3.58. The van der Waals surface area contributed by atoms with Crippen molar-refractivity contribution in [1.29, 1.82) is 0 Å². The Morgan fingerprint density at radius 1 is 1.04 bits per heavy atom. The minimum absolute atomic E-state index is 0.207. The molecule has 1 N–H and O–H groups in total. The molecule has 0 amide bonds. The first-order chi connectivity index (χ1) is 13.2. The molecule has 4 nitrogen and oxygen atoms in total. The van der Waals surface area contributed by atoms with E-state index in [0.29, 0.717) is 6.42 Å². The SMILES string of the molecule is O=C(O)CCc1ccc2c(c1)CCN(CCCCCOc1ccccc1)C2. The summed E-state index contributed by atoms with van der Waals surface area (Å²) in [6.45, 7) is 4.02. The molecule has 0 saturated carbocycles. The first-order valence-electron chi connectivity index (χ1n) is 9.93. The summed E-state index contributed by atoms with van der Waals surface area (Å²) in [5, 5.41) is 8.83. The second-order valence-electron chi connectivity index (χ2n) is 7.25. The number of carbonyl (C=O) groups is 1. The van der Waals surface area contributed by atoms with Crippen LogP contribution in [0.4, 0.5) is 0 Å². The topological polar surface area (TPSA) is 49.8 Å². The van der Waals surface area contributed by atoms with Crippen LogP contribution in [0.25, 0.3) is 0 Å². The number of hydrogen-bond acceptors (Lipinski definition) is 3. The Kier molecular flexibility index (Phi) is 7.28. The van der Waals surface area contributed by atoms with E-state index in [1.54, 1.807) is 0 Å². The first kappa shape index (κ1) is 19.4. The van der Waals surface area contributed by atoms with Gasteiger partial charge in [0.1, 0.15) is 5.75 Å². The summed E-state index contributed by atoms with van der Waals surface area (Å²) in [6, 6.07) is 16.5. The second-order valence-corrected chi connectivity index (χ2v) is 7.25. The first-order valence-corrected chi connectivity index (χ1v) is 9.93. The van der Waals surface area contributed by atoms with Crippen LogP contribution in [0.1, 0.15) is 42.4 Å². The normalized spacial score (nSPS) is 13.9. The molecule has 1 aliphatic rings. The summed E-state index contributed by atoms with van der Waals surface area (Å²) >= 11 is 0. The second kappa shape index (κ2) is 10.1. The number of hydrogen-bond donors (Lipinski definition) is 1. The van der Waals surface area contributed by atoms with Crippen LogP contribution in [-0.4, -0.2) is 35.7 Å². The number of benzene rings is 2. The molecule has 0 spiro atoms. The largest absolute Gasteiger partial charge is 0.494 e. The van der Waals surface area contributed by atoms with Crippen LogP contribution < -0.4 is 4.74 Å². The van der Waals surface area contributed by atoms with Crippen molar-refractivity contribution in [2.24, 2.45) is 0 Å². The zero-order valence-electron chi connectivity index (χ0n) is 15.9. The Hall–Kier alpha value is -2.33. The minimum Gasteiger partial charge on any atom is -0.494 e. The Morgan fingerprint density at radius 3 is 2.70 bits per heavy atom. The summed E-state index contributed by atoms with van der Waals surface area (Å²) in [5.41, 5.74) is 3.93. The van der Waals surface area contributed by atoms with Crippen molar-refractivity contribution in [1.82, 2.24) is 4.90 Å². The van der Waals surface area contributed by atoms with Crippen LogP contribution in [0.5, 0.6) is 5.75 Å². The van der Waals surface area contributed by atoms with Crippen molar-refractivity contribution in [3.8, 4) is 5.75 Å². The Balaban J connectivity index is 1.34. The van der Waals surface area contributed by atoms with Crippen molar-refractivity contribution >= 4 is 5.97 Å². The van der Waals surface area contributed by atoms with Gasteiger partial charge in [-0.05, 0) is 67.5 Å². The van der Waals surface area contributed by atoms with Crippen LogP contribution in [0, 0.1) is 0 Å². The summed E-state index contributed by atoms with van der Waals surface area (Å²) in [4.78, 5) is 13.3. The average Bonchev–Trinajstić information content (AvgIpc) is 2.69. The van der Waals surface area contributed by atoms with E-state index in [1.165, 1.54) is 24.0 Å². The fraction of sp³-hybridized carbons (Fsp3) is 0.435. The highest BCUT2D eigenvalue weighted by Gasteiger charge is 2.16. The van der Waals surface area contributed by atoms with Crippen LogP contribution >= 0.6 is 0 Å². The molecule has 0 radical (unpaired) electrons. The highest BCUT2D eigenvalue weighted by Crippen LogP contribution is 2.21. The monoisotopic (exact) mass is 367 g/mol. The number of aryl methyl sites for hydroxylation is 1. The summed E-state index contributed by atoms with van der Waals surface area (Å²) < 4.78 is 5.74. The van der Waals surface area contributed by atoms with Crippen LogP contribution in [-0.2, 0) is 24.2 Å². The number of unbranched alkanes of at least 4 members (excludes halogenated alkanes) is 2. The third-order valence-corrected chi connectivity index (χ3v) is 5.12. The van der Waals surface area contributed by atoms with Crippen molar-refractivity contribution in [2.75, 3.05) is 19.7 Å². The zero-order chi connectivity index (χ0) is 18.9. The van der Waals surface area contributed by atoms with Gasteiger partial charge in [0.25, 0.3) is 0 Å².